The summed E-state index contributed by atoms with van der Waals surface area (Å²) in [5.74, 6) is 1.41. The van der Waals surface area contributed by atoms with E-state index in [2.05, 4.69) is 66.3 Å². The number of rotatable bonds is 8. The van der Waals surface area contributed by atoms with Crippen molar-refractivity contribution in [1.29, 1.82) is 0 Å². The van der Waals surface area contributed by atoms with Gasteiger partial charge in [-0.15, -0.1) is 0 Å². The van der Waals surface area contributed by atoms with Gasteiger partial charge in [0.1, 0.15) is 0 Å². The van der Waals surface area contributed by atoms with Crippen LogP contribution in [-0.4, -0.2) is 13.1 Å². The molecule has 0 bridgehead atoms. The van der Waals surface area contributed by atoms with Crippen LogP contribution in [0.5, 0.6) is 0 Å². The second-order valence-corrected chi connectivity index (χ2v) is 6.01. The lowest BCUT2D eigenvalue weighted by Gasteiger charge is -2.22. The van der Waals surface area contributed by atoms with Crippen molar-refractivity contribution in [2.75, 3.05) is 13.1 Å². The first-order valence-corrected chi connectivity index (χ1v) is 7.93. The van der Waals surface area contributed by atoms with Crippen LogP contribution in [0.25, 0.3) is 0 Å². The molecular formula is C16H26BrN. The normalized spacial score (nSPS) is 14.4. The fourth-order valence-electron chi connectivity index (χ4n) is 2.54. The predicted octanol–water partition coefficient (Wildman–Crippen LogP) is 4.97. The lowest BCUT2D eigenvalue weighted by Crippen LogP contribution is -2.23. The van der Waals surface area contributed by atoms with E-state index in [4.69, 9.17) is 0 Å². The molecule has 2 atom stereocenters. The van der Waals surface area contributed by atoms with E-state index in [1.807, 2.05) is 0 Å². The van der Waals surface area contributed by atoms with Gasteiger partial charge in [0, 0.05) is 11.0 Å². The number of hydrogen-bond donors (Lipinski definition) is 1. The van der Waals surface area contributed by atoms with E-state index in [0.29, 0.717) is 5.92 Å². The van der Waals surface area contributed by atoms with Gasteiger partial charge >= 0.3 is 0 Å². The molecule has 102 valence electrons. The standard InChI is InChI=1S/C16H26BrN/c1-4-8-13(3)11-14(12-18-5-2)15-9-6-7-10-16(15)17/h6-7,9-10,13-14,18H,4-5,8,11-12H2,1-3H3. The quantitative estimate of drug-likeness (QED) is 0.715. The maximum absolute atomic E-state index is 3.69. The third kappa shape index (κ3) is 5.11. The Hall–Kier alpha value is -0.340. The van der Waals surface area contributed by atoms with Crippen LogP contribution < -0.4 is 5.32 Å². The molecule has 0 radical (unpaired) electrons. The van der Waals surface area contributed by atoms with Gasteiger partial charge in [-0.25, -0.2) is 0 Å². The molecule has 2 heteroatoms. The number of hydrogen-bond acceptors (Lipinski definition) is 1. The lowest BCUT2D eigenvalue weighted by atomic mass is 9.87. The van der Waals surface area contributed by atoms with Crippen molar-refractivity contribution in [3.63, 3.8) is 0 Å². The first-order valence-electron chi connectivity index (χ1n) is 7.14. The average Bonchev–Trinajstić information content (AvgIpc) is 2.35. The van der Waals surface area contributed by atoms with Gasteiger partial charge in [0.25, 0.3) is 0 Å². The Morgan fingerprint density at radius 1 is 1.22 bits per heavy atom. The van der Waals surface area contributed by atoms with Gasteiger partial charge in [-0.05, 0) is 36.4 Å². The summed E-state index contributed by atoms with van der Waals surface area (Å²) < 4.78 is 1.25. The molecule has 0 saturated heterocycles. The van der Waals surface area contributed by atoms with Crippen LogP contribution in [0.4, 0.5) is 0 Å². The predicted molar refractivity (Wildman–Crippen MR) is 84.1 cm³/mol. The molecule has 2 unspecified atom stereocenters. The molecule has 0 amide bonds. The smallest absolute Gasteiger partial charge is 0.0210 e. The molecule has 0 aliphatic rings. The van der Waals surface area contributed by atoms with E-state index in [-0.39, 0.29) is 0 Å². The molecule has 0 aromatic heterocycles. The van der Waals surface area contributed by atoms with Crippen molar-refractivity contribution in [2.45, 2.75) is 46.0 Å². The van der Waals surface area contributed by atoms with Gasteiger partial charge in [0.2, 0.25) is 0 Å². The maximum atomic E-state index is 3.69. The summed E-state index contributed by atoms with van der Waals surface area (Å²) in [5, 5.41) is 3.50. The molecule has 1 aromatic rings. The molecule has 1 rings (SSSR count). The van der Waals surface area contributed by atoms with E-state index >= 15 is 0 Å². The Morgan fingerprint density at radius 3 is 2.56 bits per heavy atom. The van der Waals surface area contributed by atoms with Crippen LogP contribution in [0.3, 0.4) is 0 Å². The lowest BCUT2D eigenvalue weighted by molar-refractivity contribution is 0.421. The third-order valence-electron chi connectivity index (χ3n) is 3.45. The molecule has 1 aromatic carbocycles. The van der Waals surface area contributed by atoms with Crippen LogP contribution in [-0.2, 0) is 0 Å². The van der Waals surface area contributed by atoms with E-state index in [0.717, 1.165) is 19.0 Å². The molecule has 0 saturated carbocycles. The Balaban J connectivity index is 2.74. The van der Waals surface area contributed by atoms with Gasteiger partial charge in [0.05, 0.1) is 0 Å². The monoisotopic (exact) mass is 311 g/mol. The van der Waals surface area contributed by atoms with Gasteiger partial charge in [0.15, 0.2) is 0 Å². The first kappa shape index (κ1) is 15.7. The Morgan fingerprint density at radius 2 is 1.94 bits per heavy atom. The number of nitrogens with one attached hydrogen (secondary N) is 1. The fourth-order valence-corrected chi connectivity index (χ4v) is 3.15. The van der Waals surface area contributed by atoms with Crippen molar-refractivity contribution < 1.29 is 0 Å². The molecule has 0 aliphatic heterocycles. The zero-order valence-corrected chi connectivity index (χ0v) is 13.5. The summed E-state index contributed by atoms with van der Waals surface area (Å²) in [7, 11) is 0. The molecule has 18 heavy (non-hydrogen) atoms. The Labute approximate surface area is 120 Å². The van der Waals surface area contributed by atoms with Gasteiger partial charge in [-0.2, -0.15) is 0 Å². The van der Waals surface area contributed by atoms with Gasteiger partial charge in [-0.1, -0.05) is 67.7 Å². The Kier molecular flexibility index (Phi) is 7.60. The molecule has 0 aliphatic carbocycles. The molecule has 0 heterocycles. The first-order chi connectivity index (χ1) is 8.69. The topological polar surface area (TPSA) is 12.0 Å². The average molecular weight is 312 g/mol. The van der Waals surface area contributed by atoms with Crippen molar-refractivity contribution in [2.24, 2.45) is 5.92 Å². The maximum Gasteiger partial charge on any atom is 0.0210 e. The van der Waals surface area contributed by atoms with Crippen LogP contribution in [0.15, 0.2) is 28.7 Å². The van der Waals surface area contributed by atoms with Crippen molar-refractivity contribution in [3.05, 3.63) is 34.3 Å². The van der Waals surface area contributed by atoms with E-state index in [1.165, 1.54) is 29.3 Å². The van der Waals surface area contributed by atoms with E-state index < -0.39 is 0 Å². The second-order valence-electron chi connectivity index (χ2n) is 5.16. The summed E-state index contributed by atoms with van der Waals surface area (Å²) in [5.41, 5.74) is 1.45. The minimum atomic E-state index is 0.613. The van der Waals surface area contributed by atoms with Crippen molar-refractivity contribution in [1.82, 2.24) is 5.32 Å². The van der Waals surface area contributed by atoms with Crippen molar-refractivity contribution in [3.8, 4) is 0 Å². The fraction of sp³-hybridized carbons (Fsp3) is 0.625. The zero-order valence-electron chi connectivity index (χ0n) is 11.9. The van der Waals surface area contributed by atoms with Crippen LogP contribution >= 0.6 is 15.9 Å². The summed E-state index contributed by atoms with van der Waals surface area (Å²) in [6.45, 7) is 8.94. The highest BCUT2D eigenvalue weighted by atomic mass is 79.9. The SMILES string of the molecule is CCCC(C)CC(CNCC)c1ccccc1Br. The van der Waals surface area contributed by atoms with Gasteiger partial charge in [-0.3, -0.25) is 0 Å². The molecule has 0 fully saturated rings. The van der Waals surface area contributed by atoms with Crippen LogP contribution in [0.2, 0.25) is 0 Å². The summed E-state index contributed by atoms with van der Waals surface area (Å²) in [6.07, 6.45) is 3.88. The minimum Gasteiger partial charge on any atom is -0.316 e. The van der Waals surface area contributed by atoms with Crippen molar-refractivity contribution >= 4 is 15.9 Å². The number of halogens is 1. The molecular weight excluding hydrogens is 286 g/mol. The molecule has 1 N–H and O–H groups in total. The second kappa shape index (κ2) is 8.71. The summed E-state index contributed by atoms with van der Waals surface area (Å²) >= 11 is 3.69. The largest absolute Gasteiger partial charge is 0.316 e. The van der Waals surface area contributed by atoms with Gasteiger partial charge < -0.3 is 5.32 Å². The van der Waals surface area contributed by atoms with Crippen LogP contribution in [0.1, 0.15) is 51.5 Å². The Bertz CT molecular complexity index is 338. The number of likely N-dealkylation sites (N-methyl/N-ethyl adjacent to an activating group) is 1. The number of benzene rings is 1. The highest BCUT2D eigenvalue weighted by Crippen LogP contribution is 2.30. The highest BCUT2D eigenvalue weighted by molar-refractivity contribution is 9.10. The third-order valence-corrected chi connectivity index (χ3v) is 4.18. The molecule has 0 spiro atoms. The van der Waals surface area contributed by atoms with E-state index in [1.54, 1.807) is 0 Å². The van der Waals surface area contributed by atoms with E-state index in [9.17, 15) is 0 Å². The zero-order chi connectivity index (χ0) is 13.4. The van der Waals surface area contributed by atoms with Crippen LogP contribution in [0, 0.1) is 5.92 Å². The molecule has 1 nitrogen and oxygen atoms in total. The highest BCUT2D eigenvalue weighted by Gasteiger charge is 2.16. The minimum absolute atomic E-state index is 0.613. The summed E-state index contributed by atoms with van der Waals surface area (Å²) in [4.78, 5) is 0. The summed E-state index contributed by atoms with van der Waals surface area (Å²) in [6, 6.07) is 8.64.